The third-order valence-corrected chi connectivity index (χ3v) is 4.42. The molecule has 2 aromatic rings. The van der Waals surface area contributed by atoms with Crippen LogP contribution in [0.4, 0.5) is 9.93 Å². The van der Waals surface area contributed by atoms with E-state index in [0.717, 1.165) is 23.8 Å². The van der Waals surface area contributed by atoms with E-state index >= 15 is 0 Å². The minimum Gasteiger partial charge on any atom is -0.345 e. The summed E-state index contributed by atoms with van der Waals surface area (Å²) in [7, 11) is 0. The predicted octanol–water partition coefficient (Wildman–Crippen LogP) is 2.03. The highest BCUT2D eigenvalue weighted by atomic mass is 32.1. The summed E-state index contributed by atoms with van der Waals surface area (Å²) in [5.41, 5.74) is 0.957. The number of piperazine rings is 1. The van der Waals surface area contributed by atoms with Crippen molar-refractivity contribution in [3.63, 3.8) is 0 Å². The lowest BCUT2D eigenvalue weighted by Gasteiger charge is -2.34. The van der Waals surface area contributed by atoms with Crippen LogP contribution in [0.3, 0.4) is 0 Å². The maximum absolute atomic E-state index is 12.1. The number of nitrogens with zero attached hydrogens (tertiary/aromatic N) is 3. The molecule has 1 fully saturated rings. The average Bonchev–Trinajstić information content (AvgIpc) is 3.14. The molecule has 6 heteroatoms. The van der Waals surface area contributed by atoms with Gasteiger partial charge in [-0.3, -0.25) is 0 Å². The highest BCUT2D eigenvalue weighted by molar-refractivity contribution is 7.13. The van der Waals surface area contributed by atoms with E-state index in [1.165, 1.54) is 0 Å². The molecule has 1 saturated heterocycles. The van der Waals surface area contributed by atoms with Crippen LogP contribution in [-0.2, 0) is 0 Å². The number of urea groups is 1. The fourth-order valence-electron chi connectivity index (χ4n) is 2.37. The predicted molar refractivity (Wildman–Crippen MR) is 92.6 cm³/mol. The van der Waals surface area contributed by atoms with Gasteiger partial charge in [0.25, 0.3) is 0 Å². The minimum atomic E-state index is -0.0499. The van der Waals surface area contributed by atoms with Gasteiger partial charge in [0.2, 0.25) is 0 Å². The van der Waals surface area contributed by atoms with Crippen molar-refractivity contribution in [3.05, 3.63) is 47.5 Å². The number of amides is 2. The van der Waals surface area contributed by atoms with E-state index in [2.05, 4.69) is 27.0 Å². The summed E-state index contributed by atoms with van der Waals surface area (Å²) in [5.74, 6) is 6.01. The van der Waals surface area contributed by atoms with E-state index in [0.29, 0.717) is 19.6 Å². The first-order valence-corrected chi connectivity index (χ1v) is 8.42. The summed E-state index contributed by atoms with van der Waals surface area (Å²) in [5, 5.41) is 5.85. The summed E-state index contributed by atoms with van der Waals surface area (Å²) >= 11 is 1.63. The Kier molecular flexibility index (Phi) is 5.12. The van der Waals surface area contributed by atoms with E-state index in [1.54, 1.807) is 11.3 Å². The van der Waals surface area contributed by atoms with Gasteiger partial charge in [0.1, 0.15) is 0 Å². The number of anilines is 1. The fraction of sp³-hybridized carbons (Fsp3) is 0.294. The van der Waals surface area contributed by atoms with Gasteiger partial charge in [0, 0.05) is 43.3 Å². The molecule has 0 saturated carbocycles. The lowest BCUT2D eigenvalue weighted by Crippen LogP contribution is -2.51. The number of benzene rings is 1. The van der Waals surface area contributed by atoms with Gasteiger partial charge in [0.15, 0.2) is 5.13 Å². The van der Waals surface area contributed by atoms with Crippen molar-refractivity contribution >= 4 is 22.5 Å². The van der Waals surface area contributed by atoms with Crippen LogP contribution < -0.4 is 10.2 Å². The first kappa shape index (κ1) is 15.4. The molecule has 2 heterocycles. The van der Waals surface area contributed by atoms with Crippen molar-refractivity contribution in [2.75, 3.05) is 37.6 Å². The summed E-state index contributed by atoms with van der Waals surface area (Å²) in [6, 6.07) is 9.71. The molecule has 0 aliphatic carbocycles. The summed E-state index contributed by atoms with van der Waals surface area (Å²) in [4.78, 5) is 20.5. The van der Waals surface area contributed by atoms with Gasteiger partial charge in [-0.1, -0.05) is 30.0 Å². The van der Waals surface area contributed by atoms with Gasteiger partial charge >= 0.3 is 6.03 Å². The van der Waals surface area contributed by atoms with Crippen LogP contribution in [0.15, 0.2) is 41.9 Å². The molecule has 5 nitrogen and oxygen atoms in total. The number of carbonyl (C=O) groups excluding carboxylic acids is 1. The highest BCUT2D eigenvalue weighted by Crippen LogP contribution is 2.18. The van der Waals surface area contributed by atoms with Crippen molar-refractivity contribution in [1.82, 2.24) is 15.2 Å². The SMILES string of the molecule is O=C(NCC#Cc1ccccc1)N1CCN(c2nccs2)CC1. The molecule has 1 aliphatic heterocycles. The Morgan fingerprint density at radius 3 is 2.70 bits per heavy atom. The number of hydrogen-bond donors (Lipinski definition) is 1. The van der Waals surface area contributed by atoms with Crippen LogP contribution in [0.25, 0.3) is 0 Å². The van der Waals surface area contributed by atoms with E-state index in [-0.39, 0.29) is 6.03 Å². The first-order chi connectivity index (χ1) is 11.3. The van der Waals surface area contributed by atoms with Crippen LogP contribution in [0, 0.1) is 11.8 Å². The topological polar surface area (TPSA) is 48.5 Å². The molecule has 0 radical (unpaired) electrons. The Balaban J connectivity index is 1.42. The zero-order valence-electron chi connectivity index (χ0n) is 12.7. The van der Waals surface area contributed by atoms with Crippen molar-refractivity contribution in [3.8, 4) is 11.8 Å². The molecule has 0 spiro atoms. The summed E-state index contributed by atoms with van der Waals surface area (Å²) in [6.45, 7) is 3.41. The number of thiazole rings is 1. The van der Waals surface area contributed by atoms with Gasteiger partial charge in [0.05, 0.1) is 6.54 Å². The largest absolute Gasteiger partial charge is 0.345 e. The lowest BCUT2D eigenvalue weighted by atomic mass is 10.2. The van der Waals surface area contributed by atoms with E-state index < -0.39 is 0 Å². The summed E-state index contributed by atoms with van der Waals surface area (Å²) in [6.07, 6.45) is 1.81. The number of hydrogen-bond acceptors (Lipinski definition) is 4. The molecule has 1 aromatic heterocycles. The molecular formula is C17H18N4OS. The van der Waals surface area contributed by atoms with Crippen molar-refractivity contribution in [1.29, 1.82) is 0 Å². The molecule has 0 unspecified atom stereocenters. The van der Waals surface area contributed by atoms with Crippen LogP contribution in [0.2, 0.25) is 0 Å². The number of rotatable bonds is 2. The van der Waals surface area contributed by atoms with Crippen molar-refractivity contribution in [2.45, 2.75) is 0 Å². The molecule has 1 aromatic carbocycles. The molecular weight excluding hydrogens is 308 g/mol. The van der Waals surface area contributed by atoms with Crippen LogP contribution in [0.1, 0.15) is 5.56 Å². The lowest BCUT2D eigenvalue weighted by molar-refractivity contribution is 0.195. The molecule has 0 atom stereocenters. The third-order valence-electron chi connectivity index (χ3n) is 3.59. The van der Waals surface area contributed by atoms with E-state index in [9.17, 15) is 4.79 Å². The average molecular weight is 326 g/mol. The monoisotopic (exact) mass is 326 g/mol. The van der Waals surface area contributed by atoms with Crippen LogP contribution in [0.5, 0.6) is 0 Å². The standard InChI is InChI=1S/C17H18N4OS/c22-16(18-8-4-7-15-5-2-1-3-6-15)20-10-12-21(13-11-20)17-19-9-14-23-17/h1-3,5-6,9,14H,8,10-13H2,(H,18,22). The smallest absolute Gasteiger partial charge is 0.318 e. The van der Waals surface area contributed by atoms with Gasteiger partial charge < -0.3 is 15.1 Å². The van der Waals surface area contributed by atoms with Gasteiger partial charge in [-0.25, -0.2) is 9.78 Å². The molecule has 0 bridgehead atoms. The third kappa shape index (κ3) is 4.24. The Labute approximate surface area is 139 Å². The van der Waals surface area contributed by atoms with E-state index in [1.807, 2.05) is 46.8 Å². The molecule has 1 aliphatic rings. The van der Waals surface area contributed by atoms with Crippen LogP contribution in [-0.4, -0.2) is 48.6 Å². The maximum Gasteiger partial charge on any atom is 0.318 e. The molecule has 3 rings (SSSR count). The molecule has 2 amide bonds. The van der Waals surface area contributed by atoms with Gasteiger partial charge in [-0.2, -0.15) is 0 Å². The minimum absolute atomic E-state index is 0.0499. The van der Waals surface area contributed by atoms with Crippen LogP contribution >= 0.6 is 11.3 Å². The van der Waals surface area contributed by atoms with Crippen molar-refractivity contribution < 1.29 is 4.79 Å². The Hall–Kier alpha value is -2.52. The number of carbonyl (C=O) groups is 1. The maximum atomic E-state index is 12.1. The Morgan fingerprint density at radius 1 is 1.22 bits per heavy atom. The second kappa shape index (κ2) is 7.65. The van der Waals surface area contributed by atoms with Gasteiger partial charge in [-0.15, -0.1) is 11.3 Å². The molecule has 23 heavy (non-hydrogen) atoms. The van der Waals surface area contributed by atoms with Crippen molar-refractivity contribution in [2.24, 2.45) is 0 Å². The quantitative estimate of drug-likeness (QED) is 0.859. The Bertz CT molecular complexity index is 682. The highest BCUT2D eigenvalue weighted by Gasteiger charge is 2.21. The zero-order valence-corrected chi connectivity index (χ0v) is 13.6. The summed E-state index contributed by atoms with van der Waals surface area (Å²) < 4.78 is 0. The second-order valence-electron chi connectivity index (χ2n) is 5.12. The van der Waals surface area contributed by atoms with Gasteiger partial charge in [-0.05, 0) is 12.1 Å². The normalized spacial score (nSPS) is 14.1. The Morgan fingerprint density at radius 2 is 2.00 bits per heavy atom. The molecule has 1 N–H and O–H groups in total. The second-order valence-corrected chi connectivity index (χ2v) is 5.99. The zero-order chi connectivity index (χ0) is 15.9. The molecule has 118 valence electrons. The first-order valence-electron chi connectivity index (χ1n) is 7.54. The number of nitrogens with one attached hydrogen (secondary N) is 1. The number of aromatic nitrogens is 1. The fourth-order valence-corrected chi connectivity index (χ4v) is 3.07. The van der Waals surface area contributed by atoms with E-state index in [4.69, 9.17) is 0 Å².